The highest BCUT2D eigenvalue weighted by Crippen LogP contribution is 2.59. The molecule has 1 aliphatic rings. The first-order chi connectivity index (χ1) is 7.67. The predicted molar refractivity (Wildman–Crippen MR) is 58.8 cm³/mol. The van der Waals surface area contributed by atoms with E-state index in [0.717, 1.165) is 6.08 Å². The van der Waals surface area contributed by atoms with Gasteiger partial charge in [0.05, 0.1) is 12.0 Å². The van der Waals surface area contributed by atoms with Gasteiger partial charge in [-0.05, 0) is 31.3 Å². The van der Waals surface area contributed by atoms with Crippen molar-refractivity contribution in [1.29, 1.82) is 0 Å². The molecule has 0 saturated heterocycles. The first-order valence-corrected chi connectivity index (χ1v) is 5.49. The molecule has 2 atom stereocenters. The standard InChI is InChI=1S/C12H17FO4/c1-6(2)17-11(16)8(13)5-7-9(10(14)15)12(7,3)4/h5-7,9H,1-4H3,(H,14,15)/b8-5-. The lowest BCUT2D eigenvalue weighted by Gasteiger charge is -2.05. The molecule has 0 aliphatic heterocycles. The molecule has 0 spiro atoms. The maximum atomic E-state index is 13.4. The van der Waals surface area contributed by atoms with Crippen LogP contribution in [0.5, 0.6) is 0 Å². The van der Waals surface area contributed by atoms with E-state index in [4.69, 9.17) is 5.11 Å². The van der Waals surface area contributed by atoms with E-state index in [1.807, 2.05) is 0 Å². The molecule has 0 heterocycles. The van der Waals surface area contributed by atoms with E-state index in [9.17, 15) is 14.0 Å². The van der Waals surface area contributed by atoms with Gasteiger partial charge in [0.1, 0.15) is 0 Å². The van der Waals surface area contributed by atoms with E-state index in [-0.39, 0.29) is 0 Å². The summed E-state index contributed by atoms with van der Waals surface area (Å²) in [6.45, 7) is 6.70. The van der Waals surface area contributed by atoms with Crippen molar-refractivity contribution in [2.75, 3.05) is 0 Å². The molecule has 0 amide bonds. The van der Waals surface area contributed by atoms with Crippen molar-refractivity contribution >= 4 is 11.9 Å². The van der Waals surface area contributed by atoms with Crippen LogP contribution < -0.4 is 0 Å². The second-order valence-electron chi connectivity index (χ2n) is 5.13. The average molecular weight is 244 g/mol. The Morgan fingerprint density at radius 1 is 1.41 bits per heavy atom. The molecule has 0 bridgehead atoms. The molecule has 1 N–H and O–H groups in total. The van der Waals surface area contributed by atoms with Crippen LogP contribution in [0.1, 0.15) is 27.7 Å². The summed E-state index contributed by atoms with van der Waals surface area (Å²) in [5, 5.41) is 8.89. The highest BCUT2D eigenvalue weighted by molar-refractivity contribution is 5.86. The maximum absolute atomic E-state index is 13.4. The topological polar surface area (TPSA) is 63.6 Å². The van der Waals surface area contributed by atoms with E-state index < -0.39 is 41.1 Å². The van der Waals surface area contributed by atoms with Crippen molar-refractivity contribution in [2.45, 2.75) is 33.8 Å². The number of rotatable bonds is 4. The number of ether oxygens (including phenoxy) is 1. The first kappa shape index (κ1) is 13.7. The number of carbonyl (C=O) groups excluding carboxylic acids is 1. The van der Waals surface area contributed by atoms with Gasteiger partial charge < -0.3 is 9.84 Å². The van der Waals surface area contributed by atoms with E-state index in [1.165, 1.54) is 0 Å². The second kappa shape index (κ2) is 4.47. The number of aliphatic carboxylic acids is 1. The van der Waals surface area contributed by atoms with Crippen molar-refractivity contribution in [3.05, 3.63) is 11.9 Å². The molecule has 0 radical (unpaired) electrons. The van der Waals surface area contributed by atoms with Crippen molar-refractivity contribution in [3.63, 3.8) is 0 Å². The normalized spacial score (nSPS) is 26.8. The number of halogens is 1. The van der Waals surface area contributed by atoms with Gasteiger partial charge in [0.25, 0.3) is 0 Å². The van der Waals surface area contributed by atoms with Crippen molar-refractivity contribution in [1.82, 2.24) is 0 Å². The zero-order valence-electron chi connectivity index (χ0n) is 10.4. The molecule has 17 heavy (non-hydrogen) atoms. The molecule has 0 aromatic heterocycles. The van der Waals surface area contributed by atoms with Gasteiger partial charge in [-0.25, -0.2) is 4.79 Å². The van der Waals surface area contributed by atoms with Gasteiger partial charge in [-0.15, -0.1) is 0 Å². The summed E-state index contributed by atoms with van der Waals surface area (Å²) < 4.78 is 18.1. The molecular formula is C12H17FO4. The van der Waals surface area contributed by atoms with E-state index in [1.54, 1.807) is 27.7 Å². The summed E-state index contributed by atoms with van der Waals surface area (Å²) in [6.07, 6.45) is 0.660. The van der Waals surface area contributed by atoms with Crippen LogP contribution in [0.3, 0.4) is 0 Å². The summed E-state index contributed by atoms with van der Waals surface area (Å²) in [5.74, 6) is -4.12. The molecule has 1 rings (SSSR count). The van der Waals surface area contributed by atoms with Crippen LogP contribution in [0.2, 0.25) is 0 Å². The van der Waals surface area contributed by atoms with Crippen molar-refractivity contribution in [2.24, 2.45) is 17.3 Å². The smallest absolute Gasteiger partial charge is 0.367 e. The van der Waals surface area contributed by atoms with Crippen LogP contribution in [0.15, 0.2) is 11.9 Å². The Kier molecular flexibility index (Phi) is 3.59. The Balaban J connectivity index is 2.71. The Hall–Kier alpha value is -1.39. The van der Waals surface area contributed by atoms with Crippen molar-refractivity contribution < 1.29 is 23.8 Å². The molecular weight excluding hydrogens is 227 g/mol. The Morgan fingerprint density at radius 3 is 2.29 bits per heavy atom. The summed E-state index contributed by atoms with van der Waals surface area (Å²) in [6, 6.07) is 0. The van der Waals surface area contributed by atoms with Gasteiger partial charge in [-0.3, -0.25) is 4.79 Å². The van der Waals surface area contributed by atoms with Gasteiger partial charge >= 0.3 is 11.9 Å². The monoisotopic (exact) mass is 244 g/mol. The summed E-state index contributed by atoms with van der Waals surface area (Å²) in [7, 11) is 0. The first-order valence-electron chi connectivity index (χ1n) is 5.49. The van der Waals surface area contributed by atoms with Crippen LogP contribution in [0.4, 0.5) is 4.39 Å². The molecule has 1 fully saturated rings. The molecule has 4 nitrogen and oxygen atoms in total. The summed E-state index contributed by atoms with van der Waals surface area (Å²) in [4.78, 5) is 22.0. The van der Waals surface area contributed by atoms with Gasteiger partial charge in [0.15, 0.2) is 0 Å². The molecule has 0 aromatic rings. The summed E-state index contributed by atoms with van der Waals surface area (Å²) in [5.41, 5.74) is -0.513. The number of carboxylic acids is 1. The fourth-order valence-corrected chi connectivity index (χ4v) is 1.96. The molecule has 1 aliphatic carbocycles. The number of carbonyl (C=O) groups is 2. The minimum absolute atomic E-state index is 0.399. The molecule has 5 heteroatoms. The fraction of sp³-hybridized carbons (Fsp3) is 0.667. The summed E-state index contributed by atoms with van der Waals surface area (Å²) >= 11 is 0. The van der Waals surface area contributed by atoms with Crippen LogP contribution in [-0.2, 0) is 14.3 Å². The number of carboxylic acid groups (broad SMARTS) is 1. The van der Waals surface area contributed by atoms with Gasteiger partial charge in [-0.1, -0.05) is 13.8 Å². The largest absolute Gasteiger partial charge is 0.481 e. The minimum atomic E-state index is -1.04. The quantitative estimate of drug-likeness (QED) is 0.608. The Labute approximate surface area is 99.5 Å². The molecule has 2 unspecified atom stereocenters. The zero-order chi connectivity index (χ0) is 13.4. The highest BCUT2D eigenvalue weighted by Gasteiger charge is 2.61. The minimum Gasteiger partial charge on any atom is -0.481 e. The second-order valence-corrected chi connectivity index (χ2v) is 5.13. The van der Waals surface area contributed by atoms with E-state index in [0.29, 0.717) is 0 Å². The highest BCUT2D eigenvalue weighted by atomic mass is 19.1. The van der Waals surface area contributed by atoms with Gasteiger partial charge in [0, 0.05) is 0 Å². The lowest BCUT2D eigenvalue weighted by molar-refractivity contribution is -0.144. The zero-order valence-corrected chi connectivity index (χ0v) is 10.4. The fourth-order valence-electron chi connectivity index (χ4n) is 1.96. The van der Waals surface area contributed by atoms with Crippen molar-refractivity contribution in [3.8, 4) is 0 Å². The van der Waals surface area contributed by atoms with Crippen LogP contribution >= 0.6 is 0 Å². The third-order valence-corrected chi connectivity index (χ3v) is 3.04. The predicted octanol–water partition coefficient (Wildman–Crippen LogP) is 2.15. The van der Waals surface area contributed by atoms with E-state index in [2.05, 4.69) is 4.74 Å². The SMILES string of the molecule is CC(C)OC(=O)/C(F)=C/C1C(C(=O)O)C1(C)C. The molecule has 0 aromatic carbocycles. The molecule has 96 valence electrons. The van der Waals surface area contributed by atoms with E-state index >= 15 is 0 Å². The van der Waals surface area contributed by atoms with Crippen LogP contribution in [0.25, 0.3) is 0 Å². The average Bonchev–Trinajstić information content (AvgIpc) is 2.66. The third kappa shape index (κ3) is 2.84. The van der Waals surface area contributed by atoms with Gasteiger partial charge in [-0.2, -0.15) is 4.39 Å². The lowest BCUT2D eigenvalue weighted by atomic mass is 10.1. The van der Waals surface area contributed by atoms with Gasteiger partial charge in [0.2, 0.25) is 5.83 Å². The number of hydrogen-bond donors (Lipinski definition) is 1. The number of hydrogen-bond acceptors (Lipinski definition) is 3. The van der Waals surface area contributed by atoms with Crippen LogP contribution in [-0.4, -0.2) is 23.1 Å². The number of allylic oxidation sites excluding steroid dienone is 1. The maximum Gasteiger partial charge on any atom is 0.367 e. The third-order valence-electron chi connectivity index (χ3n) is 3.04. The Bertz CT molecular complexity index is 371. The molecule has 1 saturated carbocycles. The number of esters is 1. The van der Waals surface area contributed by atoms with Crippen LogP contribution in [0, 0.1) is 17.3 Å². The lowest BCUT2D eigenvalue weighted by Crippen LogP contribution is -2.12. The Morgan fingerprint density at radius 2 is 1.94 bits per heavy atom.